The van der Waals surface area contributed by atoms with E-state index in [0.29, 0.717) is 34.2 Å². The highest BCUT2D eigenvalue weighted by Crippen LogP contribution is 2.28. The van der Waals surface area contributed by atoms with Crippen LogP contribution >= 0.6 is 0 Å². The van der Waals surface area contributed by atoms with Crippen LogP contribution < -0.4 is 30.3 Å². The second kappa shape index (κ2) is 12.4. The van der Waals surface area contributed by atoms with Crippen molar-refractivity contribution in [3.8, 4) is 17.2 Å². The number of benzene rings is 3. The number of rotatable bonds is 9. The Bertz CT molecular complexity index is 1200. The summed E-state index contributed by atoms with van der Waals surface area (Å²) >= 11 is 0. The molecule has 3 aromatic rings. The SMILES string of the molecule is COc1ccc(NC(=O)C(=O)N/N=C\c2ccc(OCC(=O)Nc3ccccc3)cc2)c(OC)c1. The zero-order valence-corrected chi connectivity index (χ0v) is 19.1. The third-order valence-corrected chi connectivity index (χ3v) is 4.55. The lowest BCUT2D eigenvalue weighted by Crippen LogP contribution is -2.32. The summed E-state index contributed by atoms with van der Waals surface area (Å²) in [5, 5.41) is 8.96. The highest BCUT2D eigenvalue weighted by atomic mass is 16.5. The van der Waals surface area contributed by atoms with Crippen molar-refractivity contribution in [2.45, 2.75) is 0 Å². The molecule has 3 rings (SSSR count). The fourth-order valence-electron chi connectivity index (χ4n) is 2.81. The molecule has 0 fully saturated rings. The highest BCUT2D eigenvalue weighted by Gasteiger charge is 2.15. The molecule has 0 spiro atoms. The van der Waals surface area contributed by atoms with Crippen molar-refractivity contribution in [2.24, 2.45) is 5.10 Å². The third-order valence-electron chi connectivity index (χ3n) is 4.55. The van der Waals surface area contributed by atoms with Crippen molar-refractivity contribution < 1.29 is 28.6 Å². The molecule has 0 aromatic heterocycles. The van der Waals surface area contributed by atoms with E-state index in [2.05, 4.69) is 21.2 Å². The highest BCUT2D eigenvalue weighted by molar-refractivity contribution is 6.39. The van der Waals surface area contributed by atoms with E-state index in [4.69, 9.17) is 14.2 Å². The number of ether oxygens (including phenoxy) is 3. The van der Waals surface area contributed by atoms with E-state index in [1.807, 2.05) is 18.2 Å². The molecule has 3 aromatic carbocycles. The van der Waals surface area contributed by atoms with E-state index in [1.54, 1.807) is 54.6 Å². The van der Waals surface area contributed by atoms with E-state index < -0.39 is 11.8 Å². The molecule has 0 saturated carbocycles. The van der Waals surface area contributed by atoms with Crippen molar-refractivity contribution in [1.82, 2.24) is 5.43 Å². The average molecular weight is 476 g/mol. The van der Waals surface area contributed by atoms with Crippen LogP contribution in [0.5, 0.6) is 17.2 Å². The molecule has 0 aliphatic carbocycles. The number of methoxy groups -OCH3 is 2. The largest absolute Gasteiger partial charge is 0.497 e. The molecule has 0 atom stereocenters. The lowest BCUT2D eigenvalue weighted by Gasteiger charge is -2.10. The number of para-hydroxylation sites is 1. The van der Waals surface area contributed by atoms with Gasteiger partial charge in [0.05, 0.1) is 26.1 Å². The van der Waals surface area contributed by atoms with Gasteiger partial charge in [0, 0.05) is 11.8 Å². The maximum atomic E-state index is 12.1. The number of hydrazone groups is 1. The van der Waals surface area contributed by atoms with Crippen LogP contribution in [-0.2, 0) is 14.4 Å². The van der Waals surface area contributed by atoms with Crippen molar-refractivity contribution in [3.05, 3.63) is 78.4 Å². The molecule has 10 heteroatoms. The van der Waals surface area contributed by atoms with Crippen LogP contribution in [-0.4, -0.2) is 44.8 Å². The molecule has 0 saturated heterocycles. The van der Waals surface area contributed by atoms with E-state index in [9.17, 15) is 14.4 Å². The minimum atomic E-state index is -0.955. The van der Waals surface area contributed by atoms with Crippen LogP contribution in [0.15, 0.2) is 77.9 Å². The number of hydrogen-bond acceptors (Lipinski definition) is 7. The van der Waals surface area contributed by atoms with Gasteiger partial charge in [-0.3, -0.25) is 14.4 Å². The number of nitrogens with zero attached hydrogens (tertiary/aromatic N) is 1. The predicted molar refractivity (Wildman–Crippen MR) is 131 cm³/mol. The lowest BCUT2D eigenvalue weighted by atomic mass is 10.2. The van der Waals surface area contributed by atoms with Crippen LogP contribution in [0.3, 0.4) is 0 Å². The fraction of sp³-hybridized carbons (Fsp3) is 0.120. The van der Waals surface area contributed by atoms with E-state index >= 15 is 0 Å². The third kappa shape index (κ3) is 7.60. The first-order chi connectivity index (χ1) is 17.0. The molecule has 0 unspecified atom stereocenters. The van der Waals surface area contributed by atoms with Gasteiger partial charge < -0.3 is 24.8 Å². The van der Waals surface area contributed by atoms with Gasteiger partial charge in [-0.1, -0.05) is 18.2 Å². The molecule has 0 heterocycles. The van der Waals surface area contributed by atoms with Gasteiger partial charge in [-0.25, -0.2) is 5.43 Å². The molecule has 0 aliphatic heterocycles. The second-order valence-corrected chi connectivity index (χ2v) is 6.99. The predicted octanol–water partition coefficient (Wildman–Crippen LogP) is 2.81. The summed E-state index contributed by atoms with van der Waals surface area (Å²) in [6.45, 7) is -0.146. The normalized spacial score (nSPS) is 10.3. The zero-order valence-electron chi connectivity index (χ0n) is 19.1. The number of nitrogens with one attached hydrogen (secondary N) is 3. The summed E-state index contributed by atoms with van der Waals surface area (Å²) < 4.78 is 15.7. The minimum absolute atomic E-state index is 0.146. The molecule has 35 heavy (non-hydrogen) atoms. The number of carbonyl (C=O) groups excluding carboxylic acids is 3. The second-order valence-electron chi connectivity index (χ2n) is 6.99. The molecule has 3 amide bonds. The van der Waals surface area contributed by atoms with Gasteiger partial charge in [-0.15, -0.1) is 0 Å². The summed E-state index contributed by atoms with van der Waals surface area (Å²) in [4.78, 5) is 36.1. The maximum Gasteiger partial charge on any atom is 0.329 e. The first-order valence-corrected chi connectivity index (χ1v) is 10.4. The summed E-state index contributed by atoms with van der Waals surface area (Å²) in [7, 11) is 2.94. The Hall–Kier alpha value is -4.86. The summed E-state index contributed by atoms with van der Waals surface area (Å²) in [6.07, 6.45) is 1.37. The monoisotopic (exact) mass is 476 g/mol. The Morgan fingerprint density at radius 2 is 1.54 bits per heavy atom. The number of anilines is 2. The quantitative estimate of drug-likeness (QED) is 0.248. The van der Waals surface area contributed by atoms with Crippen molar-refractivity contribution >= 4 is 35.3 Å². The van der Waals surface area contributed by atoms with Gasteiger partial charge in [-0.05, 0) is 54.1 Å². The van der Waals surface area contributed by atoms with Crippen molar-refractivity contribution in [1.29, 1.82) is 0 Å². The first-order valence-electron chi connectivity index (χ1n) is 10.4. The first kappa shape index (κ1) is 24.8. The van der Waals surface area contributed by atoms with Gasteiger partial charge in [-0.2, -0.15) is 5.10 Å². The standard InChI is InChI=1S/C25H24N4O6/c1-33-20-12-13-21(22(14-20)34-2)28-24(31)25(32)29-26-15-17-8-10-19(11-9-17)35-16-23(30)27-18-6-4-3-5-7-18/h3-15H,16H2,1-2H3,(H,27,30)(H,28,31)(H,29,32)/b26-15-. The van der Waals surface area contributed by atoms with Crippen LogP contribution in [0, 0.1) is 0 Å². The Morgan fingerprint density at radius 1 is 0.829 bits per heavy atom. The Labute approximate surface area is 201 Å². The number of hydrogen-bond donors (Lipinski definition) is 3. The molecular formula is C25H24N4O6. The average Bonchev–Trinajstić information content (AvgIpc) is 2.89. The molecular weight excluding hydrogens is 452 g/mol. The fourth-order valence-corrected chi connectivity index (χ4v) is 2.81. The number of carbonyl (C=O) groups is 3. The molecule has 10 nitrogen and oxygen atoms in total. The molecule has 0 radical (unpaired) electrons. The van der Waals surface area contributed by atoms with Gasteiger partial charge in [0.25, 0.3) is 5.91 Å². The Morgan fingerprint density at radius 3 is 2.23 bits per heavy atom. The van der Waals surface area contributed by atoms with E-state index in [0.717, 1.165) is 0 Å². The van der Waals surface area contributed by atoms with Crippen LogP contribution in [0.2, 0.25) is 0 Å². The van der Waals surface area contributed by atoms with Gasteiger partial charge in [0.1, 0.15) is 17.2 Å². The van der Waals surface area contributed by atoms with Gasteiger partial charge >= 0.3 is 11.8 Å². The lowest BCUT2D eigenvalue weighted by molar-refractivity contribution is -0.136. The van der Waals surface area contributed by atoms with Gasteiger partial charge in [0.15, 0.2) is 6.61 Å². The summed E-state index contributed by atoms with van der Waals surface area (Å²) in [5.41, 5.74) is 3.80. The smallest absolute Gasteiger partial charge is 0.329 e. The number of amides is 3. The molecule has 0 bridgehead atoms. The summed E-state index contributed by atoms with van der Waals surface area (Å²) in [5.74, 6) is -0.779. The summed E-state index contributed by atoms with van der Waals surface area (Å²) in [6, 6.07) is 20.5. The van der Waals surface area contributed by atoms with E-state index in [1.165, 1.54) is 20.4 Å². The topological polar surface area (TPSA) is 127 Å². The van der Waals surface area contributed by atoms with Gasteiger partial charge in [0.2, 0.25) is 0 Å². The van der Waals surface area contributed by atoms with Crippen LogP contribution in [0.1, 0.15) is 5.56 Å². The zero-order chi connectivity index (χ0) is 25.0. The molecule has 3 N–H and O–H groups in total. The Balaban J connectivity index is 1.45. The van der Waals surface area contributed by atoms with Crippen molar-refractivity contribution in [2.75, 3.05) is 31.5 Å². The van der Waals surface area contributed by atoms with Crippen molar-refractivity contribution in [3.63, 3.8) is 0 Å². The van der Waals surface area contributed by atoms with E-state index in [-0.39, 0.29) is 12.5 Å². The van der Waals surface area contributed by atoms with Crippen LogP contribution in [0.25, 0.3) is 0 Å². The maximum absolute atomic E-state index is 12.1. The minimum Gasteiger partial charge on any atom is -0.497 e. The molecule has 180 valence electrons. The molecule has 0 aliphatic rings. The van der Waals surface area contributed by atoms with Crippen LogP contribution in [0.4, 0.5) is 11.4 Å². The Kier molecular flexibility index (Phi) is 8.78.